The molecule has 62 valence electrons. The lowest BCUT2D eigenvalue weighted by molar-refractivity contribution is 0.882. The molecule has 2 nitrogen and oxygen atoms in total. The van der Waals surface area contributed by atoms with Crippen molar-refractivity contribution in [1.29, 1.82) is 5.26 Å². The van der Waals surface area contributed by atoms with Gasteiger partial charge < -0.3 is 0 Å². The summed E-state index contributed by atoms with van der Waals surface area (Å²) in [5, 5.41) is 8.37. The first kappa shape index (κ1) is 3.35. The molecule has 0 radical (unpaired) electrons. The van der Waals surface area contributed by atoms with Crippen LogP contribution in [0.15, 0.2) is 12.1 Å². The van der Waals surface area contributed by atoms with Crippen molar-refractivity contribution in [2.24, 2.45) is 0 Å². The molecule has 1 aromatic rings. The van der Waals surface area contributed by atoms with E-state index in [1.165, 1.54) is 0 Å². The van der Waals surface area contributed by atoms with Crippen LogP contribution < -0.4 is 0 Å². The summed E-state index contributed by atoms with van der Waals surface area (Å²) in [7, 11) is 0. The van der Waals surface area contributed by atoms with Crippen LogP contribution in [0.2, 0.25) is 5.15 Å². The third-order valence-electron chi connectivity index (χ3n) is 1.16. The molecule has 3 heteroatoms. The van der Waals surface area contributed by atoms with Crippen molar-refractivity contribution in [1.82, 2.24) is 4.98 Å². The van der Waals surface area contributed by atoms with E-state index in [1.807, 2.05) is 0 Å². The minimum atomic E-state index is -3.17. The topological polar surface area (TPSA) is 36.7 Å². The second-order valence-corrected chi connectivity index (χ2v) is 2.25. The molecular formula is C9H9ClN2. The second kappa shape index (κ2) is 4.08. The summed E-state index contributed by atoms with van der Waals surface area (Å²) < 4.78 is 51.5. The van der Waals surface area contributed by atoms with Crippen molar-refractivity contribution in [2.45, 2.75) is 19.6 Å². The molecule has 0 atom stereocenters. The largest absolute Gasteiger partial charge is 0.240 e. The minimum Gasteiger partial charge on any atom is -0.240 e. The summed E-state index contributed by atoms with van der Waals surface area (Å²) in [5.74, 6) is 0. The first-order valence-electron chi connectivity index (χ1n) is 6.52. The molecular weight excluding hydrogens is 172 g/mol. The zero-order valence-corrected chi connectivity index (χ0v) is 6.68. The number of hydrogen-bond acceptors (Lipinski definition) is 2. The normalized spacial score (nSPS) is 21.5. The van der Waals surface area contributed by atoms with Crippen LogP contribution in [-0.4, -0.2) is 4.98 Å². The smallest absolute Gasteiger partial charge is 0.147 e. The fourth-order valence-electron chi connectivity index (χ4n) is 0.651. The monoisotopic (exact) mass is 187 g/mol. The molecule has 1 rings (SSSR count). The minimum absolute atomic E-state index is 0.00402. The van der Waals surface area contributed by atoms with E-state index in [-0.39, 0.29) is 10.7 Å². The molecule has 0 spiro atoms. The van der Waals surface area contributed by atoms with Gasteiger partial charge in [-0.25, -0.2) is 4.98 Å². The lowest BCUT2D eigenvalue weighted by Crippen LogP contribution is -1.90. The first-order valence-corrected chi connectivity index (χ1v) is 3.40. The van der Waals surface area contributed by atoms with Crippen molar-refractivity contribution >= 4 is 11.6 Å². The van der Waals surface area contributed by atoms with E-state index in [1.54, 1.807) is 6.07 Å². The van der Waals surface area contributed by atoms with Crippen molar-refractivity contribution in [3.05, 3.63) is 28.5 Å². The molecule has 0 aliphatic carbocycles. The summed E-state index contributed by atoms with van der Waals surface area (Å²) in [5.41, 5.74) is -0.478. The van der Waals surface area contributed by atoms with E-state index < -0.39 is 25.3 Å². The maximum Gasteiger partial charge on any atom is 0.147 e. The summed E-state index contributed by atoms with van der Waals surface area (Å²) in [6, 6.07) is 3.94. The molecule has 1 aromatic heterocycles. The Morgan fingerprint density at radius 3 is 3.25 bits per heavy atom. The van der Waals surface area contributed by atoms with E-state index in [0.29, 0.717) is 0 Å². The maximum atomic E-state index is 8.67. The lowest BCUT2D eigenvalue weighted by atomic mass is 10.2. The van der Waals surface area contributed by atoms with Gasteiger partial charge >= 0.3 is 0 Å². The Hall–Kier alpha value is -1.07. The van der Waals surface area contributed by atoms with Gasteiger partial charge in [-0.1, -0.05) is 24.8 Å². The Morgan fingerprint density at radius 2 is 2.67 bits per heavy atom. The predicted molar refractivity (Wildman–Crippen MR) is 48.0 cm³/mol. The highest BCUT2D eigenvalue weighted by molar-refractivity contribution is 6.30. The number of halogens is 1. The molecule has 0 N–H and O–H groups in total. The van der Waals surface area contributed by atoms with Crippen LogP contribution in [0.4, 0.5) is 0 Å². The summed E-state index contributed by atoms with van der Waals surface area (Å²) >= 11 is 5.64. The highest BCUT2D eigenvalue weighted by Gasteiger charge is 2.01. The number of nitriles is 1. The van der Waals surface area contributed by atoms with E-state index in [4.69, 9.17) is 26.5 Å². The zero-order chi connectivity index (χ0) is 15.1. The molecule has 0 unspecified atom stereocenters. The Balaban J connectivity index is 3.36. The third kappa shape index (κ3) is 1.96. The molecule has 0 aromatic carbocycles. The lowest BCUT2D eigenvalue weighted by Gasteiger charge is -1.98. The number of pyridine rings is 1. The van der Waals surface area contributed by atoms with Crippen LogP contribution in [0.5, 0.6) is 0 Å². The number of rotatable bonds is 2. The van der Waals surface area contributed by atoms with E-state index in [0.717, 1.165) is 12.1 Å². The number of hydrogen-bond donors (Lipinski definition) is 0. The second-order valence-electron chi connectivity index (χ2n) is 1.90. The van der Waals surface area contributed by atoms with Crippen LogP contribution >= 0.6 is 11.6 Å². The molecule has 0 aliphatic heterocycles. The molecule has 0 bridgehead atoms. The quantitative estimate of drug-likeness (QED) is 0.668. The number of aryl methyl sites for hydroxylation is 1. The molecule has 1 heterocycles. The van der Waals surface area contributed by atoms with Gasteiger partial charge in [-0.3, -0.25) is 0 Å². The summed E-state index contributed by atoms with van der Waals surface area (Å²) in [4.78, 5) is 3.57. The molecule has 0 aliphatic rings. The Kier molecular flexibility index (Phi) is 1.14. The van der Waals surface area contributed by atoms with Crippen LogP contribution in [0.3, 0.4) is 0 Å². The van der Waals surface area contributed by atoms with Crippen molar-refractivity contribution in [3.63, 3.8) is 0 Å². The summed E-state index contributed by atoms with van der Waals surface area (Å²) in [6.45, 7) is -3.17. The molecule has 12 heavy (non-hydrogen) atoms. The van der Waals surface area contributed by atoms with Crippen LogP contribution in [0, 0.1) is 11.3 Å². The van der Waals surface area contributed by atoms with Crippen LogP contribution in [0.1, 0.15) is 34.1 Å². The average Bonchev–Trinajstić information content (AvgIpc) is 2.27. The Bertz CT molecular complexity index is 532. The van der Waals surface area contributed by atoms with Gasteiger partial charge in [0.15, 0.2) is 0 Å². The van der Waals surface area contributed by atoms with Gasteiger partial charge in [0.25, 0.3) is 0 Å². The SMILES string of the molecule is [2H]C([2H])([2H])C([2H])([2H])C([2H])([2H])c1ccc(C#N)c(Cl)n1. The van der Waals surface area contributed by atoms with Crippen molar-refractivity contribution in [3.8, 4) is 6.07 Å². The van der Waals surface area contributed by atoms with E-state index in [9.17, 15) is 0 Å². The highest BCUT2D eigenvalue weighted by Crippen LogP contribution is 2.13. The predicted octanol–water partition coefficient (Wildman–Crippen LogP) is 2.56. The maximum absolute atomic E-state index is 8.67. The zero-order valence-electron chi connectivity index (χ0n) is 12.9. The molecule has 0 amide bonds. The van der Waals surface area contributed by atoms with Crippen LogP contribution in [0.25, 0.3) is 0 Å². The molecule has 0 saturated carbocycles. The van der Waals surface area contributed by atoms with Gasteiger partial charge in [-0.2, -0.15) is 5.26 Å². The van der Waals surface area contributed by atoms with Crippen molar-refractivity contribution in [2.75, 3.05) is 0 Å². The van der Waals surface area contributed by atoms with Crippen LogP contribution in [-0.2, 0) is 6.37 Å². The number of aromatic nitrogens is 1. The van der Waals surface area contributed by atoms with Gasteiger partial charge in [0.2, 0.25) is 0 Å². The van der Waals surface area contributed by atoms with Crippen molar-refractivity contribution < 1.29 is 9.60 Å². The highest BCUT2D eigenvalue weighted by atomic mass is 35.5. The van der Waals surface area contributed by atoms with E-state index in [2.05, 4.69) is 4.98 Å². The average molecular weight is 188 g/mol. The fourth-order valence-corrected chi connectivity index (χ4v) is 0.848. The van der Waals surface area contributed by atoms with Gasteiger partial charge in [0.05, 0.1) is 5.56 Å². The molecule has 0 saturated heterocycles. The fraction of sp³-hybridized carbons (Fsp3) is 0.333. The number of nitrogens with zero attached hydrogens (tertiary/aromatic N) is 2. The van der Waals surface area contributed by atoms with Gasteiger partial charge in [-0.05, 0) is 18.5 Å². The van der Waals surface area contributed by atoms with Gasteiger partial charge in [-0.15, -0.1) is 0 Å². The third-order valence-corrected chi connectivity index (χ3v) is 1.45. The van der Waals surface area contributed by atoms with E-state index >= 15 is 0 Å². The summed E-state index contributed by atoms with van der Waals surface area (Å²) in [6.07, 6.45) is -6.03. The van der Waals surface area contributed by atoms with Gasteiger partial charge in [0, 0.05) is 15.3 Å². The Labute approximate surface area is 86.6 Å². The van der Waals surface area contributed by atoms with Gasteiger partial charge in [0.1, 0.15) is 11.2 Å². The molecule has 0 fully saturated rings. The Morgan fingerprint density at radius 1 is 1.83 bits per heavy atom. The first-order chi connectivity index (χ1) is 8.45. The standard InChI is InChI=1S/C9H9ClN2/c1-2-3-8-5-4-7(6-11)9(10)12-8/h4-5H,2-3H2,1H3/i1D3,2D2,3D2.